The van der Waals surface area contributed by atoms with Crippen LogP contribution >= 0.6 is 23.2 Å². The normalized spacial score (nSPS) is 25.7. The van der Waals surface area contributed by atoms with Crippen LogP contribution in [0.25, 0.3) is 0 Å². The number of hydrogen-bond acceptors (Lipinski definition) is 3. The van der Waals surface area contributed by atoms with Crippen LogP contribution in [0.15, 0.2) is 66.7 Å². The number of halogens is 2. The molecule has 0 radical (unpaired) electrons. The lowest BCUT2D eigenvalue weighted by atomic mass is 9.60. The summed E-state index contributed by atoms with van der Waals surface area (Å²) in [6.45, 7) is 0. The molecule has 0 amide bonds. The van der Waals surface area contributed by atoms with E-state index in [0.29, 0.717) is 28.6 Å². The third kappa shape index (κ3) is 3.93. The molecule has 1 unspecified atom stereocenters. The topological polar surface area (TPSA) is 58.6 Å². The number of aliphatic carboxylic acids is 1. The van der Waals surface area contributed by atoms with Crippen LogP contribution < -0.4 is 10.1 Å². The minimum atomic E-state index is -0.767. The van der Waals surface area contributed by atoms with Crippen molar-refractivity contribution in [1.82, 2.24) is 0 Å². The SMILES string of the molecule is COc1cccc([C@H]2Cc3ccccc3[C@@]23CC[C@H](C(=O)O)C(Nc2cccc(Cl)c2)C3)c1Cl. The van der Waals surface area contributed by atoms with E-state index in [1.807, 2.05) is 36.4 Å². The zero-order valence-electron chi connectivity index (χ0n) is 18.9. The maximum absolute atomic E-state index is 12.3. The number of hydrogen-bond donors (Lipinski definition) is 2. The monoisotopic (exact) mass is 495 g/mol. The standard InChI is InChI=1S/C28H27Cl2NO3/c1-34-25-11-5-9-20(26(25)30)23-14-17-6-2-3-10-22(17)28(23)13-12-21(27(32)33)24(16-28)31-19-8-4-7-18(29)15-19/h2-11,15,21,23-24,31H,12-14,16H2,1H3,(H,32,33)/t21-,23+,24?,28-/m0/s1. The molecule has 5 rings (SSSR count). The van der Waals surface area contributed by atoms with E-state index < -0.39 is 11.9 Å². The van der Waals surface area contributed by atoms with Crippen molar-refractivity contribution >= 4 is 34.9 Å². The van der Waals surface area contributed by atoms with Gasteiger partial charge in [0.1, 0.15) is 5.75 Å². The van der Waals surface area contributed by atoms with Gasteiger partial charge in [-0.1, -0.05) is 65.7 Å². The quantitative estimate of drug-likeness (QED) is 0.402. The van der Waals surface area contributed by atoms with Gasteiger partial charge in [0.05, 0.1) is 18.1 Å². The number of fused-ring (bicyclic) bond motifs is 2. The molecule has 176 valence electrons. The highest BCUT2D eigenvalue weighted by Gasteiger charge is 2.53. The summed E-state index contributed by atoms with van der Waals surface area (Å²) < 4.78 is 5.52. The highest BCUT2D eigenvalue weighted by atomic mass is 35.5. The van der Waals surface area contributed by atoms with E-state index in [1.165, 1.54) is 11.1 Å². The average Bonchev–Trinajstić information content (AvgIpc) is 3.12. The van der Waals surface area contributed by atoms with E-state index in [4.69, 9.17) is 27.9 Å². The van der Waals surface area contributed by atoms with Gasteiger partial charge in [-0.15, -0.1) is 0 Å². The Labute approximate surface area is 209 Å². The molecule has 0 aromatic heterocycles. The van der Waals surface area contributed by atoms with Crippen LogP contribution in [0.2, 0.25) is 10.0 Å². The summed E-state index contributed by atoms with van der Waals surface area (Å²) in [5.74, 6) is -0.459. The molecule has 2 aliphatic rings. The van der Waals surface area contributed by atoms with Crippen molar-refractivity contribution < 1.29 is 14.6 Å². The lowest BCUT2D eigenvalue weighted by Gasteiger charge is -2.46. The highest BCUT2D eigenvalue weighted by Crippen LogP contribution is 2.58. The molecular weight excluding hydrogens is 469 g/mol. The average molecular weight is 496 g/mol. The molecule has 0 saturated heterocycles. The van der Waals surface area contributed by atoms with Crippen molar-refractivity contribution in [1.29, 1.82) is 0 Å². The van der Waals surface area contributed by atoms with Gasteiger partial charge in [0, 0.05) is 22.2 Å². The first-order chi connectivity index (χ1) is 16.4. The Morgan fingerprint density at radius 1 is 1.09 bits per heavy atom. The minimum Gasteiger partial charge on any atom is -0.495 e. The van der Waals surface area contributed by atoms with Crippen LogP contribution in [-0.4, -0.2) is 24.2 Å². The number of benzene rings is 3. The molecule has 34 heavy (non-hydrogen) atoms. The van der Waals surface area contributed by atoms with Crippen molar-refractivity contribution in [2.45, 2.75) is 43.1 Å². The minimum absolute atomic E-state index is 0.130. The Bertz CT molecular complexity index is 1230. The summed E-state index contributed by atoms with van der Waals surface area (Å²) in [5.41, 5.74) is 4.28. The first-order valence-corrected chi connectivity index (χ1v) is 12.3. The number of rotatable bonds is 5. The second kappa shape index (κ2) is 9.16. The molecule has 2 aliphatic carbocycles. The summed E-state index contributed by atoms with van der Waals surface area (Å²) in [6.07, 6.45) is 2.92. The molecule has 1 saturated carbocycles. The largest absolute Gasteiger partial charge is 0.495 e. The second-order valence-electron chi connectivity index (χ2n) is 9.38. The van der Waals surface area contributed by atoms with Crippen LogP contribution in [0, 0.1) is 5.92 Å². The zero-order chi connectivity index (χ0) is 23.9. The predicted molar refractivity (Wildman–Crippen MR) is 136 cm³/mol. The molecule has 3 aromatic rings. The number of ether oxygens (including phenoxy) is 1. The maximum atomic E-state index is 12.3. The molecule has 2 N–H and O–H groups in total. The molecular formula is C28H27Cl2NO3. The van der Waals surface area contributed by atoms with Gasteiger partial charge in [-0.05, 0) is 72.6 Å². The fraction of sp³-hybridized carbons (Fsp3) is 0.321. The third-order valence-electron chi connectivity index (χ3n) is 7.70. The van der Waals surface area contributed by atoms with Gasteiger partial charge in [-0.3, -0.25) is 4.79 Å². The van der Waals surface area contributed by atoms with Crippen molar-refractivity contribution in [3.63, 3.8) is 0 Å². The van der Waals surface area contributed by atoms with Gasteiger partial charge in [0.15, 0.2) is 0 Å². The number of nitrogens with one attached hydrogen (secondary N) is 1. The first-order valence-electron chi connectivity index (χ1n) is 11.6. The van der Waals surface area contributed by atoms with E-state index >= 15 is 0 Å². The fourth-order valence-electron chi connectivity index (χ4n) is 6.20. The van der Waals surface area contributed by atoms with Crippen LogP contribution in [0.4, 0.5) is 5.69 Å². The van der Waals surface area contributed by atoms with Crippen molar-refractivity contribution in [2.75, 3.05) is 12.4 Å². The molecule has 3 aromatic carbocycles. The number of methoxy groups -OCH3 is 1. The van der Waals surface area contributed by atoms with Gasteiger partial charge in [0.2, 0.25) is 0 Å². The van der Waals surface area contributed by atoms with Gasteiger partial charge in [-0.25, -0.2) is 0 Å². The number of carboxylic acid groups (broad SMARTS) is 1. The Morgan fingerprint density at radius 3 is 2.65 bits per heavy atom. The van der Waals surface area contributed by atoms with Crippen LogP contribution in [0.5, 0.6) is 5.75 Å². The van der Waals surface area contributed by atoms with E-state index in [2.05, 4.69) is 35.6 Å². The Hall–Kier alpha value is -2.69. The van der Waals surface area contributed by atoms with Crippen LogP contribution in [0.1, 0.15) is 41.9 Å². The molecule has 4 nitrogen and oxygen atoms in total. The third-order valence-corrected chi connectivity index (χ3v) is 8.34. The second-order valence-corrected chi connectivity index (χ2v) is 10.2. The molecule has 0 bridgehead atoms. The molecule has 6 heteroatoms. The highest BCUT2D eigenvalue weighted by molar-refractivity contribution is 6.33. The van der Waals surface area contributed by atoms with E-state index in [-0.39, 0.29) is 17.4 Å². The molecule has 0 aliphatic heterocycles. The molecule has 4 atom stereocenters. The summed E-state index contributed by atoms with van der Waals surface area (Å²) in [7, 11) is 1.63. The van der Waals surface area contributed by atoms with Gasteiger partial charge in [-0.2, -0.15) is 0 Å². The predicted octanol–water partition coefficient (Wildman–Crippen LogP) is 6.95. The summed E-state index contributed by atoms with van der Waals surface area (Å²) in [6, 6.07) is 21.7. The zero-order valence-corrected chi connectivity index (χ0v) is 20.4. The van der Waals surface area contributed by atoms with Crippen molar-refractivity contribution in [2.24, 2.45) is 5.92 Å². The summed E-state index contributed by atoms with van der Waals surface area (Å²) in [5, 5.41) is 14.8. The molecule has 1 spiro atoms. The van der Waals surface area contributed by atoms with Crippen LogP contribution in [0.3, 0.4) is 0 Å². The van der Waals surface area contributed by atoms with Gasteiger partial charge >= 0.3 is 5.97 Å². The molecule has 0 heterocycles. The molecule has 1 fully saturated rings. The summed E-state index contributed by atoms with van der Waals surface area (Å²) in [4.78, 5) is 12.3. The smallest absolute Gasteiger partial charge is 0.308 e. The first kappa shape index (κ1) is 23.1. The lowest BCUT2D eigenvalue weighted by molar-refractivity contribution is -0.143. The lowest BCUT2D eigenvalue weighted by Crippen LogP contribution is -2.48. The van der Waals surface area contributed by atoms with Crippen LogP contribution in [-0.2, 0) is 16.6 Å². The Balaban J connectivity index is 1.60. The number of anilines is 1. The van der Waals surface area contributed by atoms with E-state index in [1.54, 1.807) is 7.11 Å². The van der Waals surface area contributed by atoms with E-state index in [9.17, 15) is 9.90 Å². The Kier molecular flexibility index (Phi) is 6.22. The van der Waals surface area contributed by atoms with Gasteiger partial charge < -0.3 is 15.2 Å². The van der Waals surface area contributed by atoms with Crippen molar-refractivity contribution in [3.05, 3.63) is 93.5 Å². The number of carbonyl (C=O) groups is 1. The van der Waals surface area contributed by atoms with E-state index in [0.717, 1.165) is 24.1 Å². The Morgan fingerprint density at radius 2 is 1.88 bits per heavy atom. The fourth-order valence-corrected chi connectivity index (χ4v) is 6.73. The summed E-state index contributed by atoms with van der Waals surface area (Å²) >= 11 is 13.1. The van der Waals surface area contributed by atoms with Crippen molar-refractivity contribution in [3.8, 4) is 5.75 Å². The number of carboxylic acids is 1. The maximum Gasteiger partial charge on any atom is 0.308 e. The van der Waals surface area contributed by atoms with Gasteiger partial charge in [0.25, 0.3) is 0 Å².